The van der Waals surface area contributed by atoms with Gasteiger partial charge in [-0.05, 0) is 90.4 Å². The van der Waals surface area contributed by atoms with E-state index in [1.54, 1.807) is 42.7 Å². The predicted molar refractivity (Wildman–Crippen MR) is 160 cm³/mol. The molecule has 216 valence electrons. The third-order valence-corrected chi connectivity index (χ3v) is 6.94. The molecule has 0 saturated carbocycles. The van der Waals surface area contributed by atoms with E-state index in [1.807, 2.05) is 66.7 Å². The van der Waals surface area contributed by atoms with Crippen molar-refractivity contribution in [3.8, 4) is 46.0 Å². The summed E-state index contributed by atoms with van der Waals surface area (Å²) < 4.78 is 39.6. The van der Waals surface area contributed by atoms with Crippen LogP contribution in [-0.4, -0.2) is 42.7 Å². The van der Waals surface area contributed by atoms with Crippen molar-refractivity contribution in [1.29, 1.82) is 0 Å². The van der Waals surface area contributed by atoms with Crippen molar-refractivity contribution in [3.05, 3.63) is 95.1 Å². The highest BCUT2D eigenvalue weighted by Crippen LogP contribution is 2.39. The van der Waals surface area contributed by atoms with E-state index < -0.39 is 0 Å². The number of aryl methyl sites for hydroxylation is 4. The molecular weight excluding hydrogens is 520 g/mol. The molecule has 7 nitrogen and oxygen atoms in total. The van der Waals surface area contributed by atoms with Crippen LogP contribution in [-0.2, 0) is 25.7 Å². The molecule has 7 heteroatoms. The van der Waals surface area contributed by atoms with Crippen LogP contribution in [0.4, 0.5) is 0 Å². The van der Waals surface area contributed by atoms with E-state index in [0.29, 0.717) is 28.7 Å². The third-order valence-electron chi connectivity index (χ3n) is 6.94. The zero-order valence-corrected chi connectivity index (χ0v) is 24.6. The number of rotatable bonds is 14. The minimum atomic E-state index is 0.585. The molecular formula is C34H38O7. The van der Waals surface area contributed by atoms with Crippen LogP contribution in [0.2, 0.25) is 0 Å². The summed E-state index contributed by atoms with van der Waals surface area (Å²) in [4.78, 5) is 0. The number of hydrogen-bond acceptors (Lipinski definition) is 7. The molecule has 4 rings (SSSR count). The average molecular weight is 559 g/mol. The Hall–Kier alpha value is -4.52. The van der Waals surface area contributed by atoms with Crippen LogP contribution < -0.4 is 33.2 Å². The lowest BCUT2D eigenvalue weighted by Gasteiger charge is -2.17. The van der Waals surface area contributed by atoms with Crippen molar-refractivity contribution in [2.45, 2.75) is 25.7 Å². The lowest BCUT2D eigenvalue weighted by molar-refractivity contribution is 0.354. The standard InChI is InChI=1S/C34H38O7/c1-35-27-9-7-8-23(16-27)12-14-26-20-34(33(40-6)22-31(26)38-4)41-29-18-25(17-28(21-29)36-2)11-10-24-13-15-30(37-3)32(19-24)39-5/h7-9,13,15-22H,10-12,14H2,1-6H3. The Bertz CT molecular complexity index is 1450. The van der Waals surface area contributed by atoms with Gasteiger partial charge in [0.2, 0.25) is 0 Å². The van der Waals surface area contributed by atoms with Crippen LogP contribution in [0.1, 0.15) is 22.3 Å². The van der Waals surface area contributed by atoms with Gasteiger partial charge in [0.15, 0.2) is 23.0 Å². The first-order chi connectivity index (χ1) is 20.0. The first-order valence-electron chi connectivity index (χ1n) is 13.4. The zero-order chi connectivity index (χ0) is 29.2. The number of benzene rings is 4. The molecule has 4 aromatic carbocycles. The Balaban J connectivity index is 1.56. The molecule has 0 radical (unpaired) electrons. The van der Waals surface area contributed by atoms with E-state index in [-0.39, 0.29) is 0 Å². The van der Waals surface area contributed by atoms with Gasteiger partial charge in [-0.25, -0.2) is 0 Å². The lowest BCUT2D eigenvalue weighted by Crippen LogP contribution is -2.00. The number of methoxy groups -OCH3 is 6. The molecule has 0 amide bonds. The van der Waals surface area contributed by atoms with Crippen molar-refractivity contribution in [3.63, 3.8) is 0 Å². The highest BCUT2D eigenvalue weighted by Gasteiger charge is 2.15. The second-order valence-electron chi connectivity index (χ2n) is 9.47. The summed E-state index contributed by atoms with van der Waals surface area (Å²) in [6.07, 6.45) is 3.17. The molecule has 4 aromatic rings. The topological polar surface area (TPSA) is 64.6 Å². The van der Waals surface area contributed by atoms with Gasteiger partial charge in [0.25, 0.3) is 0 Å². The van der Waals surface area contributed by atoms with Crippen molar-refractivity contribution in [2.24, 2.45) is 0 Å². The second kappa shape index (κ2) is 14.2. The minimum absolute atomic E-state index is 0.585. The fraction of sp³-hybridized carbons (Fsp3) is 0.294. The minimum Gasteiger partial charge on any atom is -0.497 e. The molecule has 0 aliphatic rings. The average Bonchev–Trinajstić information content (AvgIpc) is 3.02. The molecule has 0 atom stereocenters. The van der Waals surface area contributed by atoms with Crippen LogP contribution in [0.15, 0.2) is 72.8 Å². The summed E-state index contributed by atoms with van der Waals surface area (Å²) in [6, 6.07) is 23.9. The van der Waals surface area contributed by atoms with E-state index in [9.17, 15) is 0 Å². The SMILES string of the molecule is COc1cccc(CCc2cc(Oc3cc(CCc4ccc(OC)c(OC)c4)cc(OC)c3)c(OC)cc2OC)c1. The Morgan fingerprint density at radius 1 is 0.390 bits per heavy atom. The largest absolute Gasteiger partial charge is 0.497 e. The molecule has 0 saturated heterocycles. The molecule has 0 aliphatic heterocycles. The van der Waals surface area contributed by atoms with E-state index >= 15 is 0 Å². The maximum atomic E-state index is 6.41. The first-order valence-corrected chi connectivity index (χ1v) is 13.4. The van der Waals surface area contributed by atoms with E-state index in [1.165, 1.54) is 5.56 Å². The predicted octanol–water partition coefficient (Wildman–Crippen LogP) is 7.10. The van der Waals surface area contributed by atoms with E-state index in [4.69, 9.17) is 33.2 Å². The molecule has 0 N–H and O–H groups in total. The van der Waals surface area contributed by atoms with Crippen LogP contribution in [0.25, 0.3) is 0 Å². The molecule has 0 bridgehead atoms. The van der Waals surface area contributed by atoms with Gasteiger partial charge in [0.05, 0.1) is 42.7 Å². The van der Waals surface area contributed by atoms with E-state index in [0.717, 1.165) is 59.6 Å². The van der Waals surface area contributed by atoms with Gasteiger partial charge >= 0.3 is 0 Å². The summed E-state index contributed by atoms with van der Waals surface area (Å²) in [7, 11) is 9.90. The number of ether oxygens (including phenoxy) is 7. The summed E-state index contributed by atoms with van der Waals surface area (Å²) in [5.74, 6) is 5.59. The first kappa shape index (κ1) is 29.5. The fourth-order valence-electron chi connectivity index (χ4n) is 4.72. The Morgan fingerprint density at radius 3 is 1.71 bits per heavy atom. The zero-order valence-electron chi connectivity index (χ0n) is 24.6. The summed E-state index contributed by atoms with van der Waals surface area (Å²) in [5, 5.41) is 0. The maximum Gasteiger partial charge on any atom is 0.169 e. The highest BCUT2D eigenvalue weighted by atomic mass is 16.5. The molecule has 0 aliphatic carbocycles. The van der Waals surface area contributed by atoms with Crippen molar-refractivity contribution in [1.82, 2.24) is 0 Å². The van der Waals surface area contributed by atoms with Crippen molar-refractivity contribution >= 4 is 0 Å². The smallest absolute Gasteiger partial charge is 0.169 e. The molecule has 0 aromatic heterocycles. The summed E-state index contributed by atoms with van der Waals surface area (Å²) >= 11 is 0. The van der Waals surface area contributed by atoms with Gasteiger partial charge < -0.3 is 33.2 Å². The van der Waals surface area contributed by atoms with Gasteiger partial charge in [-0.3, -0.25) is 0 Å². The second-order valence-corrected chi connectivity index (χ2v) is 9.47. The lowest BCUT2D eigenvalue weighted by atomic mass is 10.0. The monoisotopic (exact) mass is 558 g/mol. The van der Waals surface area contributed by atoms with Crippen LogP contribution in [0.3, 0.4) is 0 Å². The molecule has 41 heavy (non-hydrogen) atoms. The normalized spacial score (nSPS) is 10.6. The quantitative estimate of drug-likeness (QED) is 0.164. The summed E-state index contributed by atoms with van der Waals surface area (Å²) in [6.45, 7) is 0. The van der Waals surface area contributed by atoms with Crippen LogP contribution in [0, 0.1) is 0 Å². The molecule has 0 fully saturated rings. The fourth-order valence-corrected chi connectivity index (χ4v) is 4.72. The van der Waals surface area contributed by atoms with Gasteiger partial charge in [0, 0.05) is 12.1 Å². The Kier molecular flexibility index (Phi) is 10.2. The third kappa shape index (κ3) is 7.57. The van der Waals surface area contributed by atoms with E-state index in [2.05, 4.69) is 6.07 Å². The Labute approximate surface area is 242 Å². The maximum absolute atomic E-state index is 6.41. The van der Waals surface area contributed by atoms with Crippen molar-refractivity contribution in [2.75, 3.05) is 42.7 Å². The molecule has 0 heterocycles. The van der Waals surface area contributed by atoms with Crippen LogP contribution in [0.5, 0.6) is 46.0 Å². The molecule has 0 spiro atoms. The Morgan fingerprint density at radius 2 is 1.00 bits per heavy atom. The van der Waals surface area contributed by atoms with Gasteiger partial charge in [-0.15, -0.1) is 0 Å². The van der Waals surface area contributed by atoms with Gasteiger partial charge in [-0.2, -0.15) is 0 Å². The van der Waals surface area contributed by atoms with Gasteiger partial charge in [-0.1, -0.05) is 18.2 Å². The highest BCUT2D eigenvalue weighted by molar-refractivity contribution is 5.53. The number of hydrogen-bond donors (Lipinski definition) is 0. The van der Waals surface area contributed by atoms with Crippen molar-refractivity contribution < 1.29 is 33.2 Å². The van der Waals surface area contributed by atoms with Crippen LogP contribution >= 0.6 is 0 Å². The summed E-state index contributed by atoms with van der Waals surface area (Å²) in [5.41, 5.74) is 4.42. The molecule has 0 unspecified atom stereocenters. The van der Waals surface area contributed by atoms with Gasteiger partial charge in [0.1, 0.15) is 23.0 Å².